The van der Waals surface area contributed by atoms with E-state index in [0.717, 1.165) is 19.3 Å². The monoisotopic (exact) mass is 243 g/mol. The van der Waals surface area contributed by atoms with Crippen molar-refractivity contribution in [3.05, 3.63) is 0 Å². The van der Waals surface area contributed by atoms with Crippen molar-refractivity contribution >= 4 is 11.8 Å². The molecule has 1 aliphatic heterocycles. The van der Waals surface area contributed by atoms with Crippen LogP contribution in [0.5, 0.6) is 0 Å². The highest BCUT2D eigenvalue weighted by molar-refractivity contribution is 7.99. The van der Waals surface area contributed by atoms with E-state index in [1.165, 1.54) is 50.2 Å². The van der Waals surface area contributed by atoms with Gasteiger partial charge < -0.3 is 10.1 Å². The number of hydrogen-bond acceptors (Lipinski definition) is 3. The molecule has 1 atom stereocenters. The van der Waals surface area contributed by atoms with Crippen LogP contribution in [0.15, 0.2) is 0 Å². The lowest BCUT2D eigenvalue weighted by molar-refractivity contribution is 0.127. The molecule has 2 rings (SSSR count). The van der Waals surface area contributed by atoms with Crippen LogP contribution < -0.4 is 5.32 Å². The number of ether oxygens (including phenoxy) is 1. The van der Waals surface area contributed by atoms with E-state index in [1.54, 1.807) is 0 Å². The van der Waals surface area contributed by atoms with E-state index in [1.807, 2.05) is 0 Å². The molecule has 1 unspecified atom stereocenters. The van der Waals surface area contributed by atoms with E-state index in [-0.39, 0.29) is 0 Å². The van der Waals surface area contributed by atoms with Crippen LogP contribution in [0.4, 0.5) is 0 Å². The molecule has 16 heavy (non-hydrogen) atoms. The van der Waals surface area contributed by atoms with E-state index in [2.05, 4.69) is 24.0 Å². The molecular weight excluding hydrogens is 218 g/mol. The Morgan fingerprint density at radius 1 is 1.44 bits per heavy atom. The average Bonchev–Trinajstić information content (AvgIpc) is 3.09. The molecule has 0 aromatic heterocycles. The molecule has 0 aromatic carbocycles. The molecule has 94 valence electrons. The molecule has 1 saturated heterocycles. The summed E-state index contributed by atoms with van der Waals surface area (Å²) >= 11 is 2.11. The Kier molecular flexibility index (Phi) is 4.98. The summed E-state index contributed by atoms with van der Waals surface area (Å²) in [6.07, 6.45) is 6.86. The third kappa shape index (κ3) is 3.94. The van der Waals surface area contributed by atoms with Crippen molar-refractivity contribution < 1.29 is 4.74 Å². The van der Waals surface area contributed by atoms with Crippen LogP contribution in [0.1, 0.15) is 39.0 Å². The van der Waals surface area contributed by atoms with Gasteiger partial charge in [-0.3, -0.25) is 0 Å². The van der Waals surface area contributed by atoms with Gasteiger partial charge in [-0.1, -0.05) is 0 Å². The Balaban J connectivity index is 1.60. The first-order valence-corrected chi connectivity index (χ1v) is 7.89. The summed E-state index contributed by atoms with van der Waals surface area (Å²) in [4.78, 5) is 0. The van der Waals surface area contributed by atoms with Gasteiger partial charge in [0.25, 0.3) is 0 Å². The Labute approximate surface area is 104 Å². The van der Waals surface area contributed by atoms with Gasteiger partial charge in [-0.15, -0.1) is 0 Å². The van der Waals surface area contributed by atoms with Gasteiger partial charge in [0.05, 0.1) is 0 Å². The highest BCUT2D eigenvalue weighted by atomic mass is 32.2. The molecule has 1 saturated carbocycles. The first kappa shape index (κ1) is 12.7. The smallest absolute Gasteiger partial charge is 0.0471 e. The Morgan fingerprint density at radius 2 is 2.31 bits per heavy atom. The fourth-order valence-corrected chi connectivity index (χ4v) is 3.49. The number of thioether (sulfide) groups is 1. The van der Waals surface area contributed by atoms with Crippen molar-refractivity contribution in [2.75, 3.05) is 31.3 Å². The van der Waals surface area contributed by atoms with Crippen molar-refractivity contribution in [3.8, 4) is 0 Å². The van der Waals surface area contributed by atoms with Gasteiger partial charge in [-0.05, 0) is 50.2 Å². The number of nitrogens with one attached hydrogen (secondary N) is 1. The van der Waals surface area contributed by atoms with Gasteiger partial charge in [-0.25, -0.2) is 0 Å². The second kappa shape index (κ2) is 6.27. The van der Waals surface area contributed by atoms with Gasteiger partial charge in [0.1, 0.15) is 0 Å². The summed E-state index contributed by atoms with van der Waals surface area (Å²) in [5.41, 5.74) is 0.608. The van der Waals surface area contributed by atoms with Crippen LogP contribution in [0.3, 0.4) is 0 Å². The Bertz CT molecular complexity index is 200. The summed E-state index contributed by atoms with van der Waals surface area (Å²) in [5.74, 6) is 2.69. The topological polar surface area (TPSA) is 21.3 Å². The second-order valence-electron chi connectivity index (χ2n) is 5.24. The molecule has 2 nitrogen and oxygen atoms in total. The SMILES string of the molecule is CCOCCC1(CNC2CCCSC2)CC1. The van der Waals surface area contributed by atoms with Crippen LogP contribution in [0.2, 0.25) is 0 Å². The number of hydrogen-bond donors (Lipinski definition) is 1. The fourth-order valence-electron chi connectivity index (χ4n) is 2.39. The van der Waals surface area contributed by atoms with E-state index in [9.17, 15) is 0 Å². The summed E-state index contributed by atoms with van der Waals surface area (Å²) in [6, 6.07) is 0.781. The first-order valence-electron chi connectivity index (χ1n) is 6.73. The van der Waals surface area contributed by atoms with Crippen molar-refractivity contribution in [2.45, 2.75) is 45.1 Å². The largest absolute Gasteiger partial charge is 0.382 e. The minimum absolute atomic E-state index is 0.608. The summed E-state index contributed by atoms with van der Waals surface area (Å²) in [6.45, 7) is 5.13. The Morgan fingerprint density at radius 3 is 2.94 bits per heavy atom. The highest BCUT2D eigenvalue weighted by Gasteiger charge is 2.41. The molecule has 0 radical (unpaired) electrons. The lowest BCUT2D eigenvalue weighted by Gasteiger charge is -2.25. The van der Waals surface area contributed by atoms with E-state index in [0.29, 0.717) is 5.41 Å². The molecule has 2 fully saturated rings. The zero-order valence-corrected chi connectivity index (χ0v) is 11.3. The molecule has 0 bridgehead atoms. The molecule has 1 heterocycles. The van der Waals surface area contributed by atoms with E-state index < -0.39 is 0 Å². The van der Waals surface area contributed by atoms with Gasteiger partial charge >= 0.3 is 0 Å². The zero-order chi connectivity index (χ0) is 11.3. The summed E-state index contributed by atoms with van der Waals surface area (Å²) < 4.78 is 5.47. The van der Waals surface area contributed by atoms with Crippen molar-refractivity contribution in [1.82, 2.24) is 5.32 Å². The number of rotatable bonds is 7. The maximum atomic E-state index is 5.47. The molecule has 0 spiro atoms. The van der Waals surface area contributed by atoms with Crippen LogP contribution >= 0.6 is 11.8 Å². The first-order chi connectivity index (χ1) is 7.85. The second-order valence-corrected chi connectivity index (χ2v) is 6.39. The van der Waals surface area contributed by atoms with Gasteiger partial charge in [0.15, 0.2) is 0 Å². The maximum absolute atomic E-state index is 5.47. The van der Waals surface area contributed by atoms with Gasteiger partial charge in [-0.2, -0.15) is 11.8 Å². The predicted molar refractivity (Wildman–Crippen MR) is 71.1 cm³/mol. The summed E-state index contributed by atoms with van der Waals surface area (Å²) in [5, 5.41) is 3.77. The van der Waals surface area contributed by atoms with E-state index in [4.69, 9.17) is 4.74 Å². The minimum Gasteiger partial charge on any atom is -0.382 e. The average molecular weight is 243 g/mol. The minimum atomic E-state index is 0.608. The molecule has 1 aliphatic carbocycles. The van der Waals surface area contributed by atoms with Crippen LogP contribution in [0, 0.1) is 5.41 Å². The van der Waals surface area contributed by atoms with Gasteiger partial charge in [0.2, 0.25) is 0 Å². The lowest BCUT2D eigenvalue weighted by Crippen LogP contribution is -2.38. The van der Waals surface area contributed by atoms with Crippen LogP contribution in [0.25, 0.3) is 0 Å². The van der Waals surface area contributed by atoms with Gasteiger partial charge in [0, 0.05) is 31.6 Å². The highest BCUT2D eigenvalue weighted by Crippen LogP contribution is 2.48. The molecular formula is C13H25NOS. The Hall–Kier alpha value is 0.270. The standard InChI is InChI=1S/C13H25NOS/c1-2-15-8-7-13(5-6-13)11-14-12-4-3-9-16-10-12/h12,14H,2-11H2,1H3. The third-order valence-electron chi connectivity index (χ3n) is 3.86. The zero-order valence-electron chi connectivity index (χ0n) is 10.5. The molecule has 0 amide bonds. The molecule has 3 heteroatoms. The normalized spacial score (nSPS) is 27.9. The lowest BCUT2D eigenvalue weighted by atomic mass is 10.0. The molecule has 2 aliphatic rings. The summed E-state index contributed by atoms with van der Waals surface area (Å²) in [7, 11) is 0. The quantitative estimate of drug-likeness (QED) is 0.695. The van der Waals surface area contributed by atoms with Crippen molar-refractivity contribution in [1.29, 1.82) is 0 Å². The molecule has 1 N–H and O–H groups in total. The van der Waals surface area contributed by atoms with E-state index >= 15 is 0 Å². The van der Waals surface area contributed by atoms with Crippen molar-refractivity contribution in [2.24, 2.45) is 5.41 Å². The predicted octanol–water partition coefficient (Wildman–Crippen LogP) is 2.68. The maximum Gasteiger partial charge on any atom is 0.0471 e. The van der Waals surface area contributed by atoms with Crippen molar-refractivity contribution in [3.63, 3.8) is 0 Å². The fraction of sp³-hybridized carbons (Fsp3) is 1.00. The van der Waals surface area contributed by atoms with Crippen LogP contribution in [-0.2, 0) is 4.74 Å². The van der Waals surface area contributed by atoms with Crippen LogP contribution in [-0.4, -0.2) is 37.3 Å². The molecule has 0 aromatic rings. The third-order valence-corrected chi connectivity index (χ3v) is 5.08.